The quantitative estimate of drug-likeness (QED) is 0.840. The molecule has 0 fully saturated rings. The van der Waals surface area contributed by atoms with Crippen LogP contribution < -0.4 is 5.32 Å². The SMILES string of the molecule is N#Cc1cc(CNCc2cn[nH]c2)ccc1F. The highest BCUT2D eigenvalue weighted by Crippen LogP contribution is 2.09. The Morgan fingerprint density at radius 2 is 2.18 bits per heavy atom. The Balaban J connectivity index is 1.93. The second-order valence-electron chi connectivity index (χ2n) is 3.64. The van der Waals surface area contributed by atoms with Gasteiger partial charge in [0.15, 0.2) is 0 Å². The number of halogens is 1. The van der Waals surface area contributed by atoms with Crippen molar-refractivity contribution < 1.29 is 4.39 Å². The molecule has 0 aliphatic carbocycles. The summed E-state index contributed by atoms with van der Waals surface area (Å²) >= 11 is 0. The molecule has 86 valence electrons. The summed E-state index contributed by atoms with van der Waals surface area (Å²) < 4.78 is 13.1. The molecule has 0 spiro atoms. The fourth-order valence-corrected chi connectivity index (χ4v) is 1.49. The monoisotopic (exact) mass is 230 g/mol. The Morgan fingerprint density at radius 3 is 2.88 bits per heavy atom. The zero-order valence-corrected chi connectivity index (χ0v) is 9.07. The second-order valence-corrected chi connectivity index (χ2v) is 3.64. The van der Waals surface area contributed by atoms with E-state index in [4.69, 9.17) is 5.26 Å². The molecule has 1 aromatic carbocycles. The van der Waals surface area contributed by atoms with Gasteiger partial charge in [-0.05, 0) is 17.7 Å². The topological polar surface area (TPSA) is 64.5 Å². The van der Waals surface area contributed by atoms with Crippen LogP contribution in [0.4, 0.5) is 4.39 Å². The number of aromatic amines is 1. The summed E-state index contributed by atoms with van der Waals surface area (Å²) in [5, 5.41) is 18.4. The molecule has 0 saturated heterocycles. The molecule has 0 unspecified atom stereocenters. The summed E-state index contributed by atoms with van der Waals surface area (Å²) in [7, 11) is 0. The number of H-pyrrole nitrogens is 1. The van der Waals surface area contributed by atoms with Gasteiger partial charge in [0, 0.05) is 24.8 Å². The molecule has 2 aromatic rings. The van der Waals surface area contributed by atoms with E-state index in [9.17, 15) is 4.39 Å². The van der Waals surface area contributed by atoms with Gasteiger partial charge in [-0.3, -0.25) is 5.10 Å². The number of nitrogens with zero attached hydrogens (tertiary/aromatic N) is 2. The molecule has 17 heavy (non-hydrogen) atoms. The summed E-state index contributed by atoms with van der Waals surface area (Å²) in [5.41, 5.74) is 2.01. The molecule has 0 amide bonds. The van der Waals surface area contributed by atoms with E-state index in [2.05, 4.69) is 15.5 Å². The molecule has 1 aromatic heterocycles. The maximum atomic E-state index is 13.1. The van der Waals surface area contributed by atoms with Crippen molar-refractivity contribution in [2.45, 2.75) is 13.1 Å². The molecule has 0 atom stereocenters. The number of rotatable bonds is 4. The van der Waals surface area contributed by atoms with Crippen LogP contribution in [0.5, 0.6) is 0 Å². The van der Waals surface area contributed by atoms with E-state index in [0.29, 0.717) is 13.1 Å². The maximum Gasteiger partial charge on any atom is 0.140 e. The average molecular weight is 230 g/mol. The van der Waals surface area contributed by atoms with Gasteiger partial charge < -0.3 is 5.32 Å². The maximum absolute atomic E-state index is 13.1. The molecule has 2 rings (SSSR count). The van der Waals surface area contributed by atoms with Crippen LogP contribution in [0.15, 0.2) is 30.6 Å². The highest BCUT2D eigenvalue weighted by Gasteiger charge is 2.02. The van der Waals surface area contributed by atoms with Crippen molar-refractivity contribution in [2.75, 3.05) is 0 Å². The highest BCUT2D eigenvalue weighted by molar-refractivity contribution is 5.34. The van der Waals surface area contributed by atoms with E-state index >= 15 is 0 Å². The van der Waals surface area contributed by atoms with E-state index in [1.807, 2.05) is 6.07 Å². The van der Waals surface area contributed by atoms with Gasteiger partial charge in [-0.25, -0.2) is 4.39 Å². The summed E-state index contributed by atoms with van der Waals surface area (Å²) in [5.74, 6) is -0.480. The van der Waals surface area contributed by atoms with Gasteiger partial charge in [0.2, 0.25) is 0 Å². The van der Waals surface area contributed by atoms with E-state index < -0.39 is 5.82 Å². The highest BCUT2D eigenvalue weighted by atomic mass is 19.1. The molecule has 0 saturated carbocycles. The van der Waals surface area contributed by atoms with Crippen LogP contribution in [-0.4, -0.2) is 10.2 Å². The van der Waals surface area contributed by atoms with E-state index in [1.54, 1.807) is 24.5 Å². The lowest BCUT2D eigenvalue weighted by atomic mass is 10.1. The van der Waals surface area contributed by atoms with Crippen molar-refractivity contribution in [1.29, 1.82) is 5.26 Å². The first-order valence-corrected chi connectivity index (χ1v) is 5.16. The van der Waals surface area contributed by atoms with Gasteiger partial charge in [-0.15, -0.1) is 0 Å². The lowest BCUT2D eigenvalue weighted by molar-refractivity contribution is 0.621. The third-order valence-corrected chi connectivity index (χ3v) is 2.36. The summed E-state index contributed by atoms with van der Waals surface area (Å²) in [6.45, 7) is 1.26. The molecule has 0 radical (unpaired) electrons. The lowest BCUT2D eigenvalue weighted by Gasteiger charge is -2.04. The third kappa shape index (κ3) is 2.89. The molecule has 5 heteroatoms. The molecule has 0 aliphatic rings. The van der Waals surface area contributed by atoms with Crippen molar-refractivity contribution in [3.63, 3.8) is 0 Å². The van der Waals surface area contributed by atoms with E-state index in [0.717, 1.165) is 11.1 Å². The molecular formula is C12H11FN4. The Bertz CT molecular complexity index is 528. The van der Waals surface area contributed by atoms with Crippen LogP contribution in [0.25, 0.3) is 0 Å². The minimum Gasteiger partial charge on any atom is -0.309 e. The Kier molecular flexibility index (Phi) is 3.48. The lowest BCUT2D eigenvalue weighted by Crippen LogP contribution is -2.12. The fourth-order valence-electron chi connectivity index (χ4n) is 1.49. The smallest absolute Gasteiger partial charge is 0.140 e. The van der Waals surface area contributed by atoms with Crippen molar-refractivity contribution >= 4 is 0 Å². The summed E-state index contributed by atoms with van der Waals surface area (Å²) in [6, 6.07) is 6.35. The van der Waals surface area contributed by atoms with Crippen LogP contribution in [-0.2, 0) is 13.1 Å². The van der Waals surface area contributed by atoms with E-state index in [-0.39, 0.29) is 5.56 Å². The first kappa shape index (κ1) is 11.3. The first-order valence-electron chi connectivity index (χ1n) is 5.16. The second kappa shape index (κ2) is 5.23. The van der Waals surface area contributed by atoms with Gasteiger partial charge >= 0.3 is 0 Å². The molecule has 0 aliphatic heterocycles. The van der Waals surface area contributed by atoms with E-state index in [1.165, 1.54) is 6.07 Å². The third-order valence-electron chi connectivity index (χ3n) is 2.36. The van der Waals surface area contributed by atoms with Gasteiger partial charge in [-0.1, -0.05) is 6.07 Å². The zero-order valence-electron chi connectivity index (χ0n) is 9.07. The van der Waals surface area contributed by atoms with Crippen LogP contribution in [0, 0.1) is 17.1 Å². The van der Waals surface area contributed by atoms with Crippen LogP contribution in [0.2, 0.25) is 0 Å². The van der Waals surface area contributed by atoms with Crippen LogP contribution in [0.3, 0.4) is 0 Å². The van der Waals surface area contributed by atoms with Crippen molar-refractivity contribution in [1.82, 2.24) is 15.5 Å². The van der Waals surface area contributed by atoms with Crippen molar-refractivity contribution in [3.8, 4) is 6.07 Å². The Hall–Kier alpha value is -2.19. The molecule has 4 nitrogen and oxygen atoms in total. The van der Waals surface area contributed by atoms with Crippen molar-refractivity contribution in [2.24, 2.45) is 0 Å². The number of aromatic nitrogens is 2. The average Bonchev–Trinajstić information content (AvgIpc) is 2.84. The molecular weight excluding hydrogens is 219 g/mol. The first-order chi connectivity index (χ1) is 8.29. The fraction of sp³-hybridized carbons (Fsp3) is 0.167. The Labute approximate surface area is 98.1 Å². The largest absolute Gasteiger partial charge is 0.309 e. The standard InChI is InChI=1S/C12H11FN4/c13-12-2-1-9(3-11(12)4-14)5-15-6-10-7-16-17-8-10/h1-3,7-8,15H,5-6H2,(H,16,17). The summed E-state index contributed by atoms with van der Waals surface area (Å²) in [6.07, 6.45) is 3.54. The predicted molar refractivity (Wildman–Crippen MR) is 60.2 cm³/mol. The minimum atomic E-state index is -0.480. The Morgan fingerprint density at radius 1 is 1.35 bits per heavy atom. The number of hydrogen-bond donors (Lipinski definition) is 2. The number of nitriles is 1. The van der Waals surface area contributed by atoms with Crippen LogP contribution in [0.1, 0.15) is 16.7 Å². The molecule has 0 bridgehead atoms. The number of benzene rings is 1. The number of nitrogens with one attached hydrogen (secondary N) is 2. The predicted octanol–water partition coefficient (Wildman–Crippen LogP) is 1.71. The summed E-state index contributed by atoms with van der Waals surface area (Å²) in [4.78, 5) is 0. The normalized spacial score (nSPS) is 10.1. The minimum absolute atomic E-state index is 0.0765. The van der Waals surface area contributed by atoms with Gasteiger partial charge in [-0.2, -0.15) is 10.4 Å². The van der Waals surface area contributed by atoms with Gasteiger partial charge in [0.05, 0.1) is 11.8 Å². The van der Waals surface area contributed by atoms with Gasteiger partial charge in [0.1, 0.15) is 11.9 Å². The molecule has 1 heterocycles. The molecule has 2 N–H and O–H groups in total. The van der Waals surface area contributed by atoms with Crippen LogP contribution >= 0.6 is 0 Å². The van der Waals surface area contributed by atoms with Crippen molar-refractivity contribution in [3.05, 3.63) is 53.1 Å². The number of hydrogen-bond acceptors (Lipinski definition) is 3. The van der Waals surface area contributed by atoms with Gasteiger partial charge in [0.25, 0.3) is 0 Å². The zero-order chi connectivity index (χ0) is 12.1.